The maximum atomic E-state index is 13.5. The lowest BCUT2D eigenvalue weighted by Gasteiger charge is -2.09. The maximum Gasteiger partial charge on any atom is 0.161 e. The molecule has 0 atom stereocenters. The quantitative estimate of drug-likeness (QED) is 0.877. The number of quaternary nitrogens is 1. The van der Waals surface area contributed by atoms with E-state index < -0.39 is 0 Å². The van der Waals surface area contributed by atoms with Gasteiger partial charge < -0.3 is 14.8 Å². The van der Waals surface area contributed by atoms with Gasteiger partial charge in [-0.25, -0.2) is 4.39 Å². The Morgan fingerprint density at radius 1 is 0.950 bits per heavy atom. The summed E-state index contributed by atoms with van der Waals surface area (Å²) in [6.45, 7) is 1.37. The van der Waals surface area contributed by atoms with Crippen LogP contribution in [0.2, 0.25) is 0 Å². The Morgan fingerprint density at radius 2 is 1.70 bits per heavy atom. The van der Waals surface area contributed by atoms with Gasteiger partial charge in [0.15, 0.2) is 11.5 Å². The fourth-order valence-electron chi connectivity index (χ4n) is 2.07. The molecule has 0 saturated heterocycles. The highest BCUT2D eigenvalue weighted by Crippen LogP contribution is 2.27. The topological polar surface area (TPSA) is 35.1 Å². The molecule has 0 radical (unpaired) electrons. The minimum Gasteiger partial charge on any atom is -0.493 e. The van der Waals surface area contributed by atoms with Gasteiger partial charge in [-0.2, -0.15) is 0 Å². The van der Waals surface area contributed by atoms with Crippen molar-refractivity contribution in [2.75, 3.05) is 14.2 Å². The molecular formula is C16H19FNO2+. The third kappa shape index (κ3) is 3.48. The zero-order valence-electron chi connectivity index (χ0n) is 11.7. The summed E-state index contributed by atoms with van der Waals surface area (Å²) in [5.74, 6) is 1.27. The normalized spacial score (nSPS) is 10.3. The highest BCUT2D eigenvalue weighted by atomic mass is 19.1. The van der Waals surface area contributed by atoms with E-state index in [0.717, 1.165) is 12.1 Å². The minimum atomic E-state index is -0.156. The van der Waals surface area contributed by atoms with Gasteiger partial charge in [-0.3, -0.25) is 0 Å². The molecule has 3 nitrogen and oxygen atoms in total. The van der Waals surface area contributed by atoms with Gasteiger partial charge in [-0.05, 0) is 24.3 Å². The average molecular weight is 276 g/mol. The molecule has 0 aliphatic heterocycles. The first-order valence-electron chi connectivity index (χ1n) is 6.50. The summed E-state index contributed by atoms with van der Waals surface area (Å²) in [6.07, 6.45) is 0. The molecule has 2 N–H and O–H groups in total. The Kier molecular flexibility index (Phi) is 4.96. The highest BCUT2D eigenvalue weighted by molar-refractivity contribution is 5.42. The van der Waals surface area contributed by atoms with Crippen molar-refractivity contribution in [3.63, 3.8) is 0 Å². The summed E-state index contributed by atoms with van der Waals surface area (Å²) in [6, 6.07) is 12.6. The fraction of sp³-hybridized carbons (Fsp3) is 0.250. The Morgan fingerprint density at radius 3 is 2.40 bits per heavy atom. The zero-order valence-corrected chi connectivity index (χ0v) is 11.7. The van der Waals surface area contributed by atoms with Crippen LogP contribution in [-0.2, 0) is 13.1 Å². The van der Waals surface area contributed by atoms with Gasteiger partial charge in [0.1, 0.15) is 18.9 Å². The molecular weight excluding hydrogens is 257 g/mol. The van der Waals surface area contributed by atoms with Crippen molar-refractivity contribution in [3.05, 3.63) is 59.4 Å². The molecule has 20 heavy (non-hydrogen) atoms. The number of ether oxygens (including phenoxy) is 2. The van der Waals surface area contributed by atoms with Crippen LogP contribution in [0.4, 0.5) is 4.39 Å². The maximum absolute atomic E-state index is 13.5. The predicted molar refractivity (Wildman–Crippen MR) is 75.3 cm³/mol. The van der Waals surface area contributed by atoms with Gasteiger partial charge in [-0.1, -0.05) is 18.2 Å². The number of rotatable bonds is 6. The van der Waals surface area contributed by atoms with Crippen LogP contribution in [-0.4, -0.2) is 14.2 Å². The standard InChI is InChI=1S/C16H18FNO2/c1-19-15-8-7-12(9-16(15)20-2)10-18-11-13-5-3-4-6-14(13)17/h3-9,18H,10-11H2,1-2H3/p+1. The fourth-order valence-corrected chi connectivity index (χ4v) is 2.07. The molecule has 0 aliphatic rings. The van der Waals surface area contributed by atoms with Crippen LogP contribution in [0.1, 0.15) is 11.1 Å². The van der Waals surface area contributed by atoms with Crippen LogP contribution in [0, 0.1) is 5.82 Å². The van der Waals surface area contributed by atoms with Crippen LogP contribution in [0.5, 0.6) is 11.5 Å². The number of benzene rings is 2. The second-order valence-corrected chi connectivity index (χ2v) is 4.48. The summed E-state index contributed by atoms with van der Waals surface area (Å²) in [4.78, 5) is 0. The summed E-state index contributed by atoms with van der Waals surface area (Å²) >= 11 is 0. The van der Waals surface area contributed by atoms with Crippen LogP contribution >= 0.6 is 0 Å². The Labute approximate surface area is 118 Å². The molecule has 0 fully saturated rings. The lowest BCUT2D eigenvalue weighted by atomic mass is 10.2. The van der Waals surface area contributed by atoms with E-state index in [1.165, 1.54) is 6.07 Å². The number of nitrogens with two attached hydrogens (primary N) is 1. The molecule has 0 saturated carbocycles. The summed E-state index contributed by atoms with van der Waals surface area (Å²) < 4.78 is 23.9. The van der Waals surface area contributed by atoms with Crippen LogP contribution in [0.25, 0.3) is 0 Å². The van der Waals surface area contributed by atoms with E-state index in [4.69, 9.17) is 9.47 Å². The van der Waals surface area contributed by atoms with E-state index >= 15 is 0 Å². The van der Waals surface area contributed by atoms with Crippen molar-refractivity contribution in [3.8, 4) is 11.5 Å². The molecule has 106 valence electrons. The lowest BCUT2D eigenvalue weighted by molar-refractivity contribution is -0.686. The van der Waals surface area contributed by atoms with Gasteiger partial charge in [0.25, 0.3) is 0 Å². The van der Waals surface area contributed by atoms with Crippen LogP contribution in [0.15, 0.2) is 42.5 Å². The van der Waals surface area contributed by atoms with E-state index in [1.807, 2.05) is 24.3 Å². The lowest BCUT2D eigenvalue weighted by Crippen LogP contribution is -2.80. The van der Waals surface area contributed by atoms with Crippen LogP contribution < -0.4 is 14.8 Å². The summed E-state index contributed by atoms with van der Waals surface area (Å²) in [5.41, 5.74) is 1.83. The number of methoxy groups -OCH3 is 2. The van der Waals surface area contributed by atoms with Gasteiger partial charge in [0, 0.05) is 11.1 Å². The first kappa shape index (κ1) is 14.3. The molecule has 0 aromatic heterocycles. The van der Waals surface area contributed by atoms with E-state index in [9.17, 15) is 4.39 Å². The summed E-state index contributed by atoms with van der Waals surface area (Å²) in [7, 11) is 3.23. The molecule has 2 rings (SSSR count). The van der Waals surface area contributed by atoms with Crippen molar-refractivity contribution in [2.45, 2.75) is 13.1 Å². The van der Waals surface area contributed by atoms with Crippen molar-refractivity contribution in [1.29, 1.82) is 0 Å². The number of hydrogen-bond donors (Lipinski definition) is 1. The van der Waals surface area contributed by atoms with Gasteiger partial charge >= 0.3 is 0 Å². The third-order valence-corrected chi connectivity index (χ3v) is 3.15. The number of halogens is 1. The van der Waals surface area contributed by atoms with E-state index in [-0.39, 0.29) is 5.82 Å². The average Bonchev–Trinajstić information content (AvgIpc) is 2.49. The first-order valence-corrected chi connectivity index (χ1v) is 6.50. The van der Waals surface area contributed by atoms with Gasteiger partial charge in [0.2, 0.25) is 0 Å². The molecule has 2 aromatic rings. The molecule has 0 bridgehead atoms. The number of hydrogen-bond acceptors (Lipinski definition) is 2. The monoisotopic (exact) mass is 276 g/mol. The van der Waals surface area contributed by atoms with Crippen molar-refractivity contribution >= 4 is 0 Å². The van der Waals surface area contributed by atoms with Crippen molar-refractivity contribution in [2.24, 2.45) is 0 Å². The Balaban J connectivity index is 1.96. The molecule has 0 heterocycles. The molecule has 4 heteroatoms. The van der Waals surface area contributed by atoms with E-state index in [1.54, 1.807) is 26.4 Å². The SMILES string of the molecule is COc1ccc(C[NH2+]Cc2ccccc2F)cc1OC. The first-order chi connectivity index (χ1) is 9.74. The second kappa shape index (κ2) is 6.91. The zero-order chi connectivity index (χ0) is 14.4. The smallest absolute Gasteiger partial charge is 0.161 e. The minimum absolute atomic E-state index is 0.156. The summed E-state index contributed by atoms with van der Waals surface area (Å²) in [5, 5.41) is 2.06. The Hall–Kier alpha value is -2.07. The van der Waals surface area contributed by atoms with Gasteiger partial charge in [-0.15, -0.1) is 0 Å². The second-order valence-electron chi connectivity index (χ2n) is 4.48. The van der Waals surface area contributed by atoms with Crippen molar-refractivity contribution in [1.82, 2.24) is 0 Å². The molecule has 0 aliphatic carbocycles. The predicted octanol–water partition coefficient (Wildman–Crippen LogP) is 2.11. The van der Waals surface area contributed by atoms with E-state index in [0.29, 0.717) is 23.6 Å². The van der Waals surface area contributed by atoms with Gasteiger partial charge in [0.05, 0.1) is 14.2 Å². The highest BCUT2D eigenvalue weighted by Gasteiger charge is 2.06. The Bertz CT molecular complexity index is 572. The third-order valence-electron chi connectivity index (χ3n) is 3.15. The van der Waals surface area contributed by atoms with E-state index in [2.05, 4.69) is 5.32 Å². The van der Waals surface area contributed by atoms with Crippen LogP contribution in [0.3, 0.4) is 0 Å². The molecule has 0 amide bonds. The van der Waals surface area contributed by atoms with Crippen molar-refractivity contribution < 1.29 is 19.2 Å². The molecule has 0 unspecified atom stereocenters. The molecule has 2 aromatic carbocycles. The largest absolute Gasteiger partial charge is 0.493 e. The molecule has 0 spiro atoms.